The lowest BCUT2D eigenvalue weighted by Crippen LogP contribution is -2.10. The molecule has 4 rings (SSSR count). The Morgan fingerprint density at radius 3 is 2.71 bits per heavy atom. The second kappa shape index (κ2) is 6.11. The van der Waals surface area contributed by atoms with Crippen molar-refractivity contribution in [3.8, 4) is 22.4 Å². The van der Waals surface area contributed by atoms with Crippen LogP contribution in [-0.4, -0.2) is 20.8 Å². The summed E-state index contributed by atoms with van der Waals surface area (Å²) in [6, 6.07) is 15.1. The molecular formula is C20H22N4. The van der Waals surface area contributed by atoms with Crippen LogP contribution in [0.25, 0.3) is 22.4 Å². The lowest BCUT2D eigenvalue weighted by molar-refractivity contribution is 0.659. The maximum atomic E-state index is 4.90. The smallest absolute Gasteiger partial charge is 0.126 e. The molecule has 0 saturated heterocycles. The Bertz CT molecular complexity index is 849. The van der Waals surface area contributed by atoms with Gasteiger partial charge in [0.05, 0.1) is 0 Å². The van der Waals surface area contributed by atoms with E-state index in [4.69, 9.17) is 5.10 Å². The molecule has 24 heavy (non-hydrogen) atoms. The predicted octanol–water partition coefficient (Wildman–Crippen LogP) is 4.38. The number of aryl methyl sites for hydroxylation is 1. The number of nitrogens with zero attached hydrogens (tertiary/aromatic N) is 3. The summed E-state index contributed by atoms with van der Waals surface area (Å²) in [5.74, 6) is 0.916. The fraction of sp³-hybridized carbons (Fsp3) is 0.300. The number of hydrogen-bond acceptors (Lipinski definition) is 3. The summed E-state index contributed by atoms with van der Waals surface area (Å²) < 4.78 is 2.17. The van der Waals surface area contributed by atoms with Crippen LogP contribution in [0.3, 0.4) is 0 Å². The first-order valence-electron chi connectivity index (χ1n) is 8.60. The molecule has 0 radical (unpaired) electrons. The van der Waals surface area contributed by atoms with Gasteiger partial charge in [-0.25, -0.2) is 4.98 Å². The van der Waals surface area contributed by atoms with Gasteiger partial charge >= 0.3 is 0 Å². The van der Waals surface area contributed by atoms with Crippen LogP contribution >= 0.6 is 0 Å². The van der Waals surface area contributed by atoms with Crippen molar-refractivity contribution >= 4 is 5.82 Å². The lowest BCUT2D eigenvalue weighted by atomic mass is 9.98. The van der Waals surface area contributed by atoms with Crippen molar-refractivity contribution in [1.29, 1.82) is 0 Å². The molecule has 2 aromatic heterocycles. The number of hydrogen-bond donors (Lipinski definition) is 1. The number of rotatable bonds is 4. The third-order valence-corrected chi connectivity index (χ3v) is 4.37. The minimum Gasteiger partial charge on any atom is -0.368 e. The van der Waals surface area contributed by atoms with Crippen LogP contribution in [0, 0.1) is 0 Å². The van der Waals surface area contributed by atoms with Gasteiger partial charge < -0.3 is 5.32 Å². The first-order chi connectivity index (χ1) is 11.7. The molecule has 4 heteroatoms. The first kappa shape index (κ1) is 14.9. The average molecular weight is 318 g/mol. The van der Waals surface area contributed by atoms with E-state index in [1.165, 1.54) is 28.8 Å². The third-order valence-electron chi connectivity index (χ3n) is 4.37. The van der Waals surface area contributed by atoms with E-state index < -0.39 is 0 Å². The summed E-state index contributed by atoms with van der Waals surface area (Å²) in [6.07, 6.45) is 4.14. The highest BCUT2D eigenvalue weighted by Gasteiger charge is 2.23. The summed E-state index contributed by atoms with van der Waals surface area (Å²) in [6.45, 7) is 5.26. The second-order valence-corrected chi connectivity index (χ2v) is 6.59. The first-order valence-corrected chi connectivity index (χ1v) is 8.60. The standard InChI is InChI=1S/C20H22N4/c1-14(2)22-18-13-16(10-11-21-18)19-17-9-6-12-24(17)23-20(19)15-7-4-3-5-8-15/h3-5,7-8,10-11,13-14H,6,9,12H2,1-2H3,(H,21,22). The van der Waals surface area contributed by atoms with Gasteiger partial charge in [-0.15, -0.1) is 0 Å². The van der Waals surface area contributed by atoms with E-state index in [-0.39, 0.29) is 0 Å². The van der Waals surface area contributed by atoms with Crippen LogP contribution in [0.4, 0.5) is 5.82 Å². The topological polar surface area (TPSA) is 42.7 Å². The number of aromatic nitrogens is 3. The molecule has 3 aromatic rings. The van der Waals surface area contributed by atoms with E-state index in [1.807, 2.05) is 12.3 Å². The molecule has 0 bridgehead atoms. The van der Waals surface area contributed by atoms with Crippen LogP contribution in [0.15, 0.2) is 48.7 Å². The number of anilines is 1. The normalized spacial score (nSPS) is 13.3. The Kier molecular flexibility index (Phi) is 3.81. The molecular weight excluding hydrogens is 296 g/mol. The van der Waals surface area contributed by atoms with Crippen molar-refractivity contribution in [1.82, 2.24) is 14.8 Å². The van der Waals surface area contributed by atoms with Crippen LogP contribution in [-0.2, 0) is 13.0 Å². The van der Waals surface area contributed by atoms with E-state index in [0.29, 0.717) is 6.04 Å². The van der Waals surface area contributed by atoms with Gasteiger partial charge in [0.1, 0.15) is 11.5 Å². The monoisotopic (exact) mass is 318 g/mol. The highest BCUT2D eigenvalue weighted by atomic mass is 15.3. The van der Waals surface area contributed by atoms with Gasteiger partial charge in [-0.2, -0.15) is 5.10 Å². The van der Waals surface area contributed by atoms with Crippen LogP contribution in [0.2, 0.25) is 0 Å². The van der Waals surface area contributed by atoms with Crippen LogP contribution < -0.4 is 5.32 Å². The second-order valence-electron chi connectivity index (χ2n) is 6.59. The molecule has 1 aliphatic heterocycles. The molecule has 1 aliphatic rings. The summed E-state index contributed by atoms with van der Waals surface area (Å²) in [4.78, 5) is 4.45. The molecule has 3 heterocycles. The zero-order chi connectivity index (χ0) is 16.5. The Hall–Kier alpha value is -2.62. The minimum absolute atomic E-state index is 0.360. The minimum atomic E-state index is 0.360. The quantitative estimate of drug-likeness (QED) is 0.776. The number of nitrogens with one attached hydrogen (secondary N) is 1. The molecule has 0 amide bonds. The average Bonchev–Trinajstić information content (AvgIpc) is 3.16. The Morgan fingerprint density at radius 1 is 1.08 bits per heavy atom. The van der Waals surface area contributed by atoms with Gasteiger partial charge in [-0.1, -0.05) is 30.3 Å². The zero-order valence-electron chi connectivity index (χ0n) is 14.2. The molecule has 1 N–H and O–H groups in total. The Morgan fingerprint density at radius 2 is 1.92 bits per heavy atom. The highest BCUT2D eigenvalue weighted by Crippen LogP contribution is 2.37. The molecule has 1 aromatic carbocycles. The number of fused-ring (bicyclic) bond motifs is 1. The molecule has 0 atom stereocenters. The van der Waals surface area contributed by atoms with Gasteiger partial charge in [0.15, 0.2) is 0 Å². The highest BCUT2D eigenvalue weighted by molar-refractivity contribution is 5.83. The fourth-order valence-corrected chi connectivity index (χ4v) is 3.39. The van der Waals surface area contributed by atoms with Crippen LogP contribution in [0.5, 0.6) is 0 Å². The largest absolute Gasteiger partial charge is 0.368 e. The van der Waals surface area contributed by atoms with Crippen molar-refractivity contribution in [2.75, 3.05) is 5.32 Å². The predicted molar refractivity (Wildman–Crippen MR) is 98.0 cm³/mol. The molecule has 0 spiro atoms. The summed E-state index contributed by atoms with van der Waals surface area (Å²) in [5, 5.41) is 8.30. The number of benzene rings is 1. The molecule has 0 fully saturated rings. The number of pyridine rings is 1. The van der Waals surface area contributed by atoms with Crippen LogP contribution in [0.1, 0.15) is 26.0 Å². The van der Waals surface area contributed by atoms with E-state index in [0.717, 1.165) is 24.5 Å². The van der Waals surface area contributed by atoms with Gasteiger partial charge in [0.25, 0.3) is 0 Å². The summed E-state index contributed by atoms with van der Waals surface area (Å²) >= 11 is 0. The molecule has 0 aliphatic carbocycles. The zero-order valence-corrected chi connectivity index (χ0v) is 14.2. The van der Waals surface area contributed by atoms with Gasteiger partial charge in [0.2, 0.25) is 0 Å². The van der Waals surface area contributed by atoms with Crippen molar-refractivity contribution in [2.24, 2.45) is 0 Å². The van der Waals surface area contributed by atoms with Crippen molar-refractivity contribution in [3.63, 3.8) is 0 Å². The fourth-order valence-electron chi connectivity index (χ4n) is 3.39. The maximum absolute atomic E-state index is 4.90. The molecule has 0 saturated carbocycles. The van der Waals surface area contributed by atoms with E-state index in [9.17, 15) is 0 Å². The summed E-state index contributed by atoms with van der Waals surface area (Å²) in [5.41, 5.74) is 6.04. The van der Waals surface area contributed by atoms with Gasteiger partial charge in [0, 0.05) is 35.6 Å². The van der Waals surface area contributed by atoms with Gasteiger partial charge in [-0.3, -0.25) is 4.68 Å². The molecule has 0 unspecified atom stereocenters. The van der Waals surface area contributed by atoms with E-state index in [2.05, 4.69) is 65.2 Å². The van der Waals surface area contributed by atoms with Gasteiger partial charge in [-0.05, 0) is 44.4 Å². The molecule has 122 valence electrons. The SMILES string of the molecule is CC(C)Nc1cc(-c2c(-c3ccccc3)nn3c2CCC3)ccn1. The Labute approximate surface area is 142 Å². The van der Waals surface area contributed by atoms with E-state index in [1.54, 1.807) is 0 Å². The third kappa shape index (κ3) is 2.68. The molecule has 4 nitrogen and oxygen atoms in total. The Balaban J connectivity index is 1.86. The van der Waals surface area contributed by atoms with Crippen molar-refractivity contribution in [3.05, 3.63) is 54.4 Å². The van der Waals surface area contributed by atoms with E-state index >= 15 is 0 Å². The van der Waals surface area contributed by atoms with Crippen molar-refractivity contribution < 1.29 is 0 Å². The maximum Gasteiger partial charge on any atom is 0.126 e. The lowest BCUT2D eigenvalue weighted by Gasteiger charge is -2.11. The summed E-state index contributed by atoms with van der Waals surface area (Å²) in [7, 11) is 0. The van der Waals surface area contributed by atoms with Crippen molar-refractivity contribution in [2.45, 2.75) is 39.3 Å².